The minimum atomic E-state index is -0.804. The van der Waals surface area contributed by atoms with E-state index in [0.29, 0.717) is 19.3 Å². The van der Waals surface area contributed by atoms with Crippen LogP contribution in [0.2, 0.25) is 0 Å². The molecule has 1 atom stereocenters. The molecule has 0 saturated heterocycles. The van der Waals surface area contributed by atoms with Gasteiger partial charge in [-0.25, -0.2) is 0 Å². The summed E-state index contributed by atoms with van der Waals surface area (Å²) in [6, 6.07) is 0. The van der Waals surface area contributed by atoms with Gasteiger partial charge in [0.15, 0.2) is 0 Å². The van der Waals surface area contributed by atoms with Crippen molar-refractivity contribution in [3.63, 3.8) is 0 Å². The first-order chi connectivity index (χ1) is 11.5. The molecule has 0 fully saturated rings. The van der Waals surface area contributed by atoms with Crippen molar-refractivity contribution in [1.29, 1.82) is 0 Å². The molecule has 142 valence electrons. The maximum absolute atomic E-state index is 11.9. The summed E-state index contributed by atoms with van der Waals surface area (Å²) < 4.78 is 5.62. The Morgan fingerprint density at radius 2 is 1.42 bits per heavy atom. The molecule has 0 aromatic heterocycles. The second-order valence-corrected chi connectivity index (χ2v) is 7.24. The van der Waals surface area contributed by atoms with Crippen molar-refractivity contribution in [2.45, 2.75) is 110 Å². The van der Waals surface area contributed by atoms with E-state index in [4.69, 9.17) is 9.84 Å². The Bertz CT molecular complexity index is 326. The summed E-state index contributed by atoms with van der Waals surface area (Å²) in [6.07, 6.45) is 11.9. The lowest BCUT2D eigenvalue weighted by Gasteiger charge is -2.18. The molecular formula is C20H38O4. The van der Waals surface area contributed by atoms with Crippen LogP contribution in [-0.4, -0.2) is 23.1 Å². The average molecular weight is 343 g/mol. The highest BCUT2D eigenvalue weighted by atomic mass is 16.5. The molecule has 0 aromatic rings. The number of unbranched alkanes of at least 4 members (excludes halogenated alkanes) is 5. The first-order valence-corrected chi connectivity index (χ1v) is 9.87. The van der Waals surface area contributed by atoms with Crippen LogP contribution in [0.15, 0.2) is 0 Å². The molecule has 4 heteroatoms. The van der Waals surface area contributed by atoms with E-state index in [1.54, 1.807) is 0 Å². The topological polar surface area (TPSA) is 63.6 Å². The van der Waals surface area contributed by atoms with E-state index < -0.39 is 5.97 Å². The zero-order chi connectivity index (χ0) is 18.2. The molecule has 0 amide bonds. The molecule has 1 unspecified atom stereocenters. The number of ether oxygens (including phenoxy) is 1. The number of aliphatic carboxylic acids is 1. The zero-order valence-electron chi connectivity index (χ0n) is 16.0. The Kier molecular flexibility index (Phi) is 14.8. The van der Waals surface area contributed by atoms with E-state index in [9.17, 15) is 9.59 Å². The molecule has 0 radical (unpaired) electrons. The number of carboxylic acid groups (broad SMARTS) is 1. The van der Waals surface area contributed by atoms with E-state index in [-0.39, 0.29) is 18.5 Å². The highest BCUT2D eigenvalue weighted by Crippen LogP contribution is 2.17. The van der Waals surface area contributed by atoms with Crippen molar-refractivity contribution in [1.82, 2.24) is 0 Å². The van der Waals surface area contributed by atoms with Crippen LogP contribution in [0.25, 0.3) is 0 Å². The monoisotopic (exact) mass is 342 g/mol. The van der Waals surface area contributed by atoms with Crippen LogP contribution in [0.3, 0.4) is 0 Å². The molecule has 0 aliphatic carbocycles. The van der Waals surface area contributed by atoms with Crippen LogP contribution < -0.4 is 0 Å². The fourth-order valence-corrected chi connectivity index (χ4v) is 2.76. The van der Waals surface area contributed by atoms with Crippen molar-refractivity contribution in [2.75, 3.05) is 0 Å². The van der Waals surface area contributed by atoms with Gasteiger partial charge in [-0.1, -0.05) is 59.3 Å². The highest BCUT2D eigenvalue weighted by molar-refractivity contribution is 5.70. The van der Waals surface area contributed by atoms with Crippen LogP contribution in [0, 0.1) is 5.92 Å². The molecular weight excluding hydrogens is 304 g/mol. The lowest BCUT2D eigenvalue weighted by molar-refractivity contribution is -0.150. The van der Waals surface area contributed by atoms with E-state index in [0.717, 1.165) is 38.0 Å². The molecule has 0 aliphatic heterocycles. The van der Waals surface area contributed by atoms with Crippen molar-refractivity contribution in [2.24, 2.45) is 5.92 Å². The molecule has 0 aromatic carbocycles. The first kappa shape index (κ1) is 22.9. The molecule has 4 nitrogen and oxygen atoms in total. The van der Waals surface area contributed by atoms with Crippen LogP contribution in [0.4, 0.5) is 0 Å². The Hall–Kier alpha value is -1.06. The van der Waals surface area contributed by atoms with Gasteiger partial charge in [0, 0.05) is 12.8 Å². The molecule has 0 aliphatic rings. The minimum absolute atomic E-state index is 0.0435. The van der Waals surface area contributed by atoms with Crippen molar-refractivity contribution in [3.05, 3.63) is 0 Å². The number of hydrogen-bond donors (Lipinski definition) is 1. The van der Waals surface area contributed by atoms with E-state index in [1.165, 1.54) is 25.7 Å². The van der Waals surface area contributed by atoms with Gasteiger partial charge in [-0.05, 0) is 38.0 Å². The van der Waals surface area contributed by atoms with Crippen molar-refractivity contribution in [3.8, 4) is 0 Å². The van der Waals surface area contributed by atoms with Gasteiger partial charge < -0.3 is 9.84 Å². The average Bonchev–Trinajstić information content (AvgIpc) is 2.51. The van der Waals surface area contributed by atoms with E-state index in [1.807, 2.05) is 0 Å². The predicted octanol–water partition coefficient (Wildman–Crippen LogP) is 5.73. The lowest BCUT2D eigenvalue weighted by Crippen LogP contribution is -2.18. The minimum Gasteiger partial charge on any atom is -0.481 e. The molecule has 0 bridgehead atoms. The number of carbonyl (C=O) groups excluding carboxylic acids is 1. The number of carboxylic acids is 1. The second-order valence-electron chi connectivity index (χ2n) is 7.24. The Balaban J connectivity index is 3.89. The molecule has 1 N–H and O–H groups in total. The summed E-state index contributed by atoms with van der Waals surface area (Å²) in [5, 5.41) is 8.59. The van der Waals surface area contributed by atoms with Gasteiger partial charge in [0.25, 0.3) is 0 Å². The van der Waals surface area contributed by atoms with Crippen LogP contribution in [0.5, 0.6) is 0 Å². The van der Waals surface area contributed by atoms with Gasteiger partial charge in [0.05, 0.1) is 0 Å². The van der Waals surface area contributed by atoms with Crippen molar-refractivity contribution < 1.29 is 19.4 Å². The fraction of sp³-hybridized carbons (Fsp3) is 0.900. The molecule has 0 saturated carbocycles. The molecule has 0 heterocycles. The number of carbonyl (C=O) groups is 2. The first-order valence-electron chi connectivity index (χ1n) is 9.87. The SMILES string of the molecule is CCCCC(CCCCCCC(C)C)OC(=O)CCCCC(=O)O. The fourth-order valence-electron chi connectivity index (χ4n) is 2.76. The Morgan fingerprint density at radius 3 is 2.00 bits per heavy atom. The smallest absolute Gasteiger partial charge is 0.306 e. The zero-order valence-corrected chi connectivity index (χ0v) is 16.0. The summed E-state index contributed by atoms with van der Waals surface area (Å²) in [5.74, 6) is -0.188. The Labute approximate surface area is 148 Å². The Morgan fingerprint density at radius 1 is 0.833 bits per heavy atom. The molecule has 0 spiro atoms. The predicted molar refractivity (Wildman–Crippen MR) is 98.0 cm³/mol. The summed E-state index contributed by atoms with van der Waals surface area (Å²) in [7, 11) is 0. The second kappa shape index (κ2) is 15.5. The molecule has 24 heavy (non-hydrogen) atoms. The van der Waals surface area contributed by atoms with Crippen LogP contribution in [-0.2, 0) is 14.3 Å². The van der Waals surface area contributed by atoms with E-state index in [2.05, 4.69) is 20.8 Å². The van der Waals surface area contributed by atoms with Gasteiger partial charge in [0.2, 0.25) is 0 Å². The summed E-state index contributed by atoms with van der Waals surface area (Å²) in [5.41, 5.74) is 0. The van der Waals surface area contributed by atoms with Gasteiger partial charge >= 0.3 is 11.9 Å². The maximum Gasteiger partial charge on any atom is 0.306 e. The largest absolute Gasteiger partial charge is 0.481 e. The summed E-state index contributed by atoms with van der Waals surface area (Å²) in [4.78, 5) is 22.4. The third-order valence-corrected chi connectivity index (χ3v) is 4.26. The maximum atomic E-state index is 11.9. The lowest BCUT2D eigenvalue weighted by atomic mass is 10.0. The summed E-state index contributed by atoms with van der Waals surface area (Å²) in [6.45, 7) is 6.67. The van der Waals surface area contributed by atoms with Crippen LogP contribution >= 0.6 is 0 Å². The van der Waals surface area contributed by atoms with Crippen molar-refractivity contribution >= 4 is 11.9 Å². The quantitative estimate of drug-likeness (QED) is 0.287. The summed E-state index contributed by atoms with van der Waals surface area (Å²) >= 11 is 0. The van der Waals surface area contributed by atoms with Gasteiger partial charge in [-0.15, -0.1) is 0 Å². The van der Waals surface area contributed by atoms with Gasteiger partial charge in [-0.2, -0.15) is 0 Å². The molecule has 0 rings (SSSR count). The van der Waals surface area contributed by atoms with E-state index >= 15 is 0 Å². The third kappa shape index (κ3) is 15.8. The number of rotatable bonds is 16. The number of hydrogen-bond acceptors (Lipinski definition) is 3. The van der Waals surface area contributed by atoms with Gasteiger partial charge in [-0.3, -0.25) is 9.59 Å². The van der Waals surface area contributed by atoms with Crippen LogP contribution in [0.1, 0.15) is 104 Å². The van der Waals surface area contributed by atoms with Gasteiger partial charge in [0.1, 0.15) is 6.10 Å². The normalized spacial score (nSPS) is 12.3. The highest BCUT2D eigenvalue weighted by Gasteiger charge is 2.14. The number of esters is 1. The third-order valence-electron chi connectivity index (χ3n) is 4.26. The standard InChI is InChI=1S/C20H38O4/c1-4-5-13-18(14-9-7-6-8-12-17(2)3)24-20(23)16-11-10-15-19(21)22/h17-18H,4-16H2,1-3H3,(H,21,22).